The molecule has 0 fully saturated rings. The minimum absolute atomic E-state index is 0.111. The lowest BCUT2D eigenvalue weighted by Gasteiger charge is -2.20. The second-order valence-electron chi connectivity index (χ2n) is 4.20. The van der Waals surface area contributed by atoms with Crippen LogP contribution in [0.15, 0.2) is 30.9 Å². The van der Waals surface area contributed by atoms with E-state index in [0.717, 1.165) is 0 Å². The van der Waals surface area contributed by atoms with Crippen LogP contribution in [0.1, 0.15) is 11.1 Å². The first kappa shape index (κ1) is 15.2. The number of halogens is 1. The maximum absolute atomic E-state index is 13.3. The third-order valence-electron chi connectivity index (χ3n) is 2.69. The molecule has 0 spiro atoms. The molecular formula is C14H19FN2O2. The lowest BCUT2D eigenvalue weighted by atomic mass is 10.1. The number of aliphatic hydroxyl groups excluding tert-OH is 1. The Morgan fingerprint density at radius 3 is 2.89 bits per heavy atom. The molecule has 2 amide bonds. The van der Waals surface area contributed by atoms with E-state index in [4.69, 9.17) is 5.11 Å². The van der Waals surface area contributed by atoms with Crippen molar-refractivity contribution in [2.75, 3.05) is 19.7 Å². The van der Waals surface area contributed by atoms with E-state index in [9.17, 15) is 9.18 Å². The SMILES string of the molecule is C=CCN(CCO)C(=O)NCc1ccc(C)c(F)c1. The summed E-state index contributed by atoms with van der Waals surface area (Å²) in [7, 11) is 0. The van der Waals surface area contributed by atoms with Gasteiger partial charge in [0.2, 0.25) is 0 Å². The van der Waals surface area contributed by atoms with E-state index < -0.39 is 0 Å². The molecule has 0 aliphatic rings. The molecule has 1 aromatic rings. The molecule has 0 aliphatic carbocycles. The van der Waals surface area contributed by atoms with Crippen LogP contribution >= 0.6 is 0 Å². The predicted octanol–water partition coefficient (Wildman–Crippen LogP) is 1.82. The summed E-state index contributed by atoms with van der Waals surface area (Å²) in [4.78, 5) is 13.2. The highest BCUT2D eigenvalue weighted by molar-refractivity contribution is 5.74. The van der Waals surface area contributed by atoms with Gasteiger partial charge in [0, 0.05) is 19.6 Å². The van der Waals surface area contributed by atoms with Gasteiger partial charge >= 0.3 is 6.03 Å². The summed E-state index contributed by atoms with van der Waals surface area (Å²) >= 11 is 0. The number of benzene rings is 1. The highest BCUT2D eigenvalue weighted by Crippen LogP contribution is 2.09. The van der Waals surface area contributed by atoms with E-state index in [1.807, 2.05) is 0 Å². The van der Waals surface area contributed by atoms with Gasteiger partial charge in [0.15, 0.2) is 0 Å². The van der Waals surface area contributed by atoms with Crippen LogP contribution in [0, 0.1) is 12.7 Å². The number of aliphatic hydroxyl groups is 1. The summed E-state index contributed by atoms with van der Waals surface area (Å²) in [6.07, 6.45) is 1.58. The van der Waals surface area contributed by atoms with Gasteiger partial charge in [-0.2, -0.15) is 0 Å². The van der Waals surface area contributed by atoms with Crippen LogP contribution in [0.3, 0.4) is 0 Å². The van der Waals surface area contributed by atoms with Crippen LogP contribution in [0.5, 0.6) is 0 Å². The van der Waals surface area contributed by atoms with Crippen molar-refractivity contribution in [1.29, 1.82) is 0 Å². The van der Waals surface area contributed by atoms with E-state index in [0.29, 0.717) is 17.7 Å². The van der Waals surface area contributed by atoms with Gasteiger partial charge < -0.3 is 15.3 Å². The molecule has 0 saturated carbocycles. The Balaban J connectivity index is 2.56. The first-order valence-electron chi connectivity index (χ1n) is 6.08. The zero-order valence-electron chi connectivity index (χ0n) is 11.0. The first-order valence-corrected chi connectivity index (χ1v) is 6.08. The van der Waals surface area contributed by atoms with E-state index in [2.05, 4.69) is 11.9 Å². The zero-order chi connectivity index (χ0) is 14.3. The second-order valence-corrected chi connectivity index (χ2v) is 4.20. The number of nitrogens with one attached hydrogen (secondary N) is 1. The lowest BCUT2D eigenvalue weighted by Crippen LogP contribution is -2.41. The predicted molar refractivity (Wildman–Crippen MR) is 72.2 cm³/mol. The number of hydrogen-bond donors (Lipinski definition) is 2. The average molecular weight is 266 g/mol. The summed E-state index contributed by atoms with van der Waals surface area (Å²) in [5.41, 5.74) is 1.27. The van der Waals surface area contributed by atoms with Gasteiger partial charge in [-0.25, -0.2) is 9.18 Å². The molecule has 1 aromatic carbocycles. The van der Waals surface area contributed by atoms with Gasteiger partial charge in [0.1, 0.15) is 5.82 Å². The van der Waals surface area contributed by atoms with Crippen molar-refractivity contribution in [3.8, 4) is 0 Å². The van der Waals surface area contributed by atoms with Gasteiger partial charge in [-0.05, 0) is 24.1 Å². The van der Waals surface area contributed by atoms with Crippen LogP contribution in [0.4, 0.5) is 9.18 Å². The van der Waals surface area contributed by atoms with Crippen molar-refractivity contribution in [3.05, 3.63) is 47.8 Å². The molecule has 0 radical (unpaired) electrons. The number of aryl methyl sites for hydroxylation is 1. The molecule has 4 nitrogen and oxygen atoms in total. The highest BCUT2D eigenvalue weighted by Gasteiger charge is 2.10. The van der Waals surface area contributed by atoms with Gasteiger partial charge in [-0.15, -0.1) is 6.58 Å². The third kappa shape index (κ3) is 4.71. The maximum atomic E-state index is 13.3. The molecule has 0 bridgehead atoms. The number of carbonyl (C=O) groups excluding carboxylic acids is 1. The van der Waals surface area contributed by atoms with Gasteiger partial charge in [0.25, 0.3) is 0 Å². The second kappa shape index (κ2) is 7.53. The van der Waals surface area contributed by atoms with Crippen molar-refractivity contribution in [3.63, 3.8) is 0 Å². The van der Waals surface area contributed by atoms with Crippen LogP contribution in [0.2, 0.25) is 0 Å². The van der Waals surface area contributed by atoms with Crippen molar-refractivity contribution >= 4 is 6.03 Å². The Morgan fingerprint density at radius 1 is 1.58 bits per heavy atom. The normalized spacial score (nSPS) is 10.1. The molecule has 2 N–H and O–H groups in total. The molecular weight excluding hydrogens is 247 g/mol. The number of nitrogens with zero attached hydrogens (tertiary/aromatic N) is 1. The topological polar surface area (TPSA) is 52.6 Å². The first-order chi connectivity index (χ1) is 9.08. The third-order valence-corrected chi connectivity index (χ3v) is 2.69. The summed E-state index contributed by atoms with van der Waals surface area (Å²) in [5, 5.41) is 11.5. The summed E-state index contributed by atoms with van der Waals surface area (Å²) in [6, 6.07) is 4.53. The number of amides is 2. The van der Waals surface area contributed by atoms with E-state index in [-0.39, 0.29) is 31.5 Å². The van der Waals surface area contributed by atoms with E-state index >= 15 is 0 Å². The monoisotopic (exact) mass is 266 g/mol. The Morgan fingerprint density at radius 2 is 2.32 bits per heavy atom. The molecule has 0 aromatic heterocycles. The van der Waals surface area contributed by atoms with Gasteiger partial charge in [-0.3, -0.25) is 0 Å². The fourth-order valence-electron chi connectivity index (χ4n) is 1.59. The molecule has 0 heterocycles. The van der Waals surface area contributed by atoms with Crippen LogP contribution < -0.4 is 5.32 Å². The number of hydrogen-bond acceptors (Lipinski definition) is 2. The van der Waals surface area contributed by atoms with E-state index in [1.54, 1.807) is 25.1 Å². The van der Waals surface area contributed by atoms with Crippen LogP contribution in [-0.4, -0.2) is 35.7 Å². The number of rotatable bonds is 6. The Labute approximate surface area is 112 Å². The minimum Gasteiger partial charge on any atom is -0.395 e. The molecule has 1 rings (SSSR count). The minimum atomic E-state index is -0.310. The largest absolute Gasteiger partial charge is 0.395 e. The quantitative estimate of drug-likeness (QED) is 0.772. The van der Waals surface area contributed by atoms with Gasteiger partial charge in [-0.1, -0.05) is 18.2 Å². The van der Waals surface area contributed by atoms with Crippen molar-refractivity contribution < 1.29 is 14.3 Å². The molecule has 0 aliphatic heterocycles. The van der Waals surface area contributed by atoms with Crippen molar-refractivity contribution in [2.45, 2.75) is 13.5 Å². The summed E-state index contributed by atoms with van der Waals surface area (Å²) < 4.78 is 13.3. The molecule has 0 unspecified atom stereocenters. The molecule has 0 atom stereocenters. The summed E-state index contributed by atoms with van der Waals surface area (Å²) in [5.74, 6) is -0.287. The number of carbonyl (C=O) groups is 1. The Kier molecular flexibility index (Phi) is 6.02. The van der Waals surface area contributed by atoms with Crippen molar-refractivity contribution in [1.82, 2.24) is 10.2 Å². The summed E-state index contributed by atoms with van der Waals surface area (Å²) in [6.45, 7) is 5.96. The number of urea groups is 1. The molecule has 19 heavy (non-hydrogen) atoms. The average Bonchev–Trinajstić information content (AvgIpc) is 2.39. The Hall–Kier alpha value is -1.88. The smallest absolute Gasteiger partial charge is 0.318 e. The fraction of sp³-hybridized carbons (Fsp3) is 0.357. The lowest BCUT2D eigenvalue weighted by molar-refractivity contribution is 0.183. The molecule has 5 heteroatoms. The zero-order valence-corrected chi connectivity index (χ0v) is 11.0. The van der Waals surface area contributed by atoms with Crippen molar-refractivity contribution in [2.24, 2.45) is 0 Å². The molecule has 104 valence electrons. The molecule has 0 saturated heterocycles. The highest BCUT2D eigenvalue weighted by atomic mass is 19.1. The van der Waals surface area contributed by atoms with Gasteiger partial charge in [0.05, 0.1) is 6.61 Å². The fourth-order valence-corrected chi connectivity index (χ4v) is 1.59. The van der Waals surface area contributed by atoms with E-state index in [1.165, 1.54) is 11.0 Å². The maximum Gasteiger partial charge on any atom is 0.318 e. The standard InChI is InChI=1S/C14H19FN2O2/c1-3-6-17(7-8-18)14(19)16-10-12-5-4-11(2)13(15)9-12/h3-5,9,18H,1,6-8,10H2,2H3,(H,16,19). The van der Waals surface area contributed by atoms with Crippen LogP contribution in [-0.2, 0) is 6.54 Å². The Bertz CT molecular complexity index is 449. The van der Waals surface area contributed by atoms with Crippen LogP contribution in [0.25, 0.3) is 0 Å².